The summed E-state index contributed by atoms with van der Waals surface area (Å²) in [6.45, 7) is 3.48. The van der Waals surface area contributed by atoms with Gasteiger partial charge in [-0.3, -0.25) is 4.90 Å². The summed E-state index contributed by atoms with van der Waals surface area (Å²) in [7, 11) is 1.53. The fourth-order valence-electron chi connectivity index (χ4n) is 3.19. The first-order valence-electron chi connectivity index (χ1n) is 9.78. The maximum absolute atomic E-state index is 12.1. The average molecular weight is 461 g/mol. The largest absolute Gasteiger partial charge is 0.495 e. The molecule has 11 nitrogen and oxygen atoms in total. The Morgan fingerprint density at radius 3 is 2.88 bits per heavy atom. The number of amides is 1. The number of nitrogens with one attached hydrogen (secondary N) is 1. The van der Waals surface area contributed by atoms with Gasteiger partial charge in [-0.15, -0.1) is 0 Å². The van der Waals surface area contributed by atoms with Crippen LogP contribution >= 0.6 is 11.6 Å². The number of nitrogens with zero attached hydrogens (tertiary/aromatic N) is 5. The van der Waals surface area contributed by atoms with Crippen LogP contribution in [0.15, 0.2) is 35.0 Å². The summed E-state index contributed by atoms with van der Waals surface area (Å²) in [6.07, 6.45) is 0.144. The maximum Gasteiger partial charge on any atom is 0.416 e. The SMILES string of the molecule is COc1cc(-c2noc([C@H](C)Nc3nccc(N4C(=O)OC[C@@H]4[C@@H](C)O)n3)n2)ccc1Cl. The predicted octanol–water partition coefficient (Wildman–Crippen LogP) is 3.07. The van der Waals surface area contributed by atoms with Crippen molar-refractivity contribution in [2.45, 2.75) is 32.0 Å². The molecule has 12 heteroatoms. The van der Waals surface area contributed by atoms with E-state index in [9.17, 15) is 9.90 Å². The van der Waals surface area contributed by atoms with E-state index in [1.54, 1.807) is 38.1 Å². The summed E-state index contributed by atoms with van der Waals surface area (Å²) in [5, 5.41) is 17.5. The Bertz CT molecular complexity index is 1120. The average Bonchev–Trinajstić information content (AvgIpc) is 3.41. The molecule has 1 aromatic carbocycles. The van der Waals surface area contributed by atoms with Crippen molar-refractivity contribution in [2.24, 2.45) is 0 Å². The van der Waals surface area contributed by atoms with Gasteiger partial charge < -0.3 is 24.4 Å². The molecule has 0 radical (unpaired) electrons. The lowest BCUT2D eigenvalue weighted by molar-refractivity contribution is 0.142. The van der Waals surface area contributed by atoms with Crippen LogP contribution in [0, 0.1) is 0 Å². The molecule has 0 saturated carbocycles. The molecule has 3 heterocycles. The van der Waals surface area contributed by atoms with Crippen LogP contribution in [-0.4, -0.2) is 57.2 Å². The van der Waals surface area contributed by atoms with Crippen LogP contribution in [0.1, 0.15) is 25.8 Å². The second kappa shape index (κ2) is 8.97. The highest BCUT2D eigenvalue weighted by atomic mass is 35.5. The quantitative estimate of drug-likeness (QED) is 0.541. The molecule has 2 N–H and O–H groups in total. The smallest absolute Gasteiger partial charge is 0.416 e. The van der Waals surface area contributed by atoms with Gasteiger partial charge in [-0.25, -0.2) is 9.78 Å². The van der Waals surface area contributed by atoms with E-state index in [4.69, 9.17) is 25.6 Å². The Hall–Kier alpha value is -3.44. The lowest BCUT2D eigenvalue weighted by atomic mass is 10.2. The lowest BCUT2D eigenvalue weighted by Gasteiger charge is -2.22. The predicted molar refractivity (Wildman–Crippen MR) is 115 cm³/mol. The third kappa shape index (κ3) is 4.30. The summed E-state index contributed by atoms with van der Waals surface area (Å²) in [4.78, 5) is 26.4. The van der Waals surface area contributed by atoms with Crippen LogP contribution in [-0.2, 0) is 4.74 Å². The number of aliphatic hydroxyl groups excluding tert-OH is 1. The van der Waals surface area contributed by atoms with E-state index < -0.39 is 24.3 Å². The molecule has 0 bridgehead atoms. The number of methoxy groups -OCH3 is 1. The first-order valence-corrected chi connectivity index (χ1v) is 10.2. The van der Waals surface area contributed by atoms with Gasteiger partial charge in [0.05, 0.1) is 18.2 Å². The van der Waals surface area contributed by atoms with Crippen molar-refractivity contribution in [3.63, 3.8) is 0 Å². The third-order valence-electron chi connectivity index (χ3n) is 4.92. The number of ether oxygens (including phenoxy) is 2. The normalized spacial score (nSPS) is 17.7. The topological polar surface area (TPSA) is 136 Å². The van der Waals surface area contributed by atoms with Gasteiger partial charge in [-0.05, 0) is 38.1 Å². The highest BCUT2D eigenvalue weighted by Gasteiger charge is 2.38. The van der Waals surface area contributed by atoms with Crippen LogP contribution in [0.4, 0.5) is 16.6 Å². The second-order valence-corrected chi connectivity index (χ2v) is 7.57. The number of anilines is 2. The molecule has 0 unspecified atom stereocenters. The van der Waals surface area contributed by atoms with Crippen molar-refractivity contribution in [1.29, 1.82) is 0 Å². The van der Waals surface area contributed by atoms with Gasteiger partial charge in [-0.1, -0.05) is 16.8 Å². The summed E-state index contributed by atoms with van der Waals surface area (Å²) in [5.41, 5.74) is 0.684. The van der Waals surface area contributed by atoms with Crippen LogP contribution in [0.5, 0.6) is 5.75 Å². The first kappa shape index (κ1) is 21.8. The van der Waals surface area contributed by atoms with Crippen LogP contribution < -0.4 is 15.0 Å². The molecule has 0 aliphatic carbocycles. The second-order valence-electron chi connectivity index (χ2n) is 7.16. The zero-order valence-corrected chi connectivity index (χ0v) is 18.3. The van der Waals surface area contributed by atoms with Gasteiger partial charge in [0.2, 0.25) is 17.7 Å². The molecule has 0 spiro atoms. The van der Waals surface area contributed by atoms with E-state index in [2.05, 4.69) is 25.4 Å². The van der Waals surface area contributed by atoms with Gasteiger partial charge in [0, 0.05) is 11.8 Å². The standard InChI is InChI=1S/C20H21ClN6O5/c1-10(18-25-17(26-32-18)12-4-5-13(21)15(8-12)30-3)23-19-22-7-6-16(24-19)27-14(11(2)28)9-31-20(27)29/h4-8,10-11,14,28H,9H2,1-3H3,(H,22,23,24)/t10-,11+,14+/m0/s1. The van der Waals surface area contributed by atoms with Crippen molar-refractivity contribution in [3.05, 3.63) is 41.4 Å². The molecule has 1 saturated heterocycles. The molecule has 4 rings (SSSR count). The molecule has 1 fully saturated rings. The Morgan fingerprint density at radius 2 is 2.12 bits per heavy atom. The molecule has 3 atom stereocenters. The van der Waals surface area contributed by atoms with Crippen LogP contribution in [0.2, 0.25) is 5.02 Å². The minimum Gasteiger partial charge on any atom is -0.495 e. The van der Waals surface area contributed by atoms with Crippen molar-refractivity contribution in [2.75, 3.05) is 23.9 Å². The molecule has 1 amide bonds. The molecule has 1 aliphatic rings. The number of aromatic nitrogens is 4. The Kier molecular flexibility index (Phi) is 6.10. The minimum absolute atomic E-state index is 0.0832. The summed E-state index contributed by atoms with van der Waals surface area (Å²) in [6, 6.07) is 5.77. The Morgan fingerprint density at radius 1 is 1.31 bits per heavy atom. The fourth-order valence-corrected chi connectivity index (χ4v) is 3.38. The number of benzene rings is 1. The van der Waals surface area contributed by atoms with E-state index in [-0.39, 0.29) is 12.6 Å². The van der Waals surface area contributed by atoms with Crippen molar-refractivity contribution >= 4 is 29.5 Å². The Labute approximate surface area is 188 Å². The van der Waals surface area contributed by atoms with Crippen LogP contribution in [0.25, 0.3) is 11.4 Å². The number of carbonyl (C=O) groups is 1. The fraction of sp³-hybridized carbons (Fsp3) is 0.350. The van der Waals surface area contributed by atoms with Gasteiger partial charge in [0.15, 0.2) is 0 Å². The third-order valence-corrected chi connectivity index (χ3v) is 5.23. The lowest BCUT2D eigenvalue weighted by Crippen LogP contribution is -2.41. The molecule has 168 valence electrons. The number of halogens is 1. The zero-order chi connectivity index (χ0) is 22.8. The minimum atomic E-state index is -0.782. The van der Waals surface area contributed by atoms with E-state index in [1.165, 1.54) is 18.2 Å². The number of rotatable bonds is 7. The van der Waals surface area contributed by atoms with Crippen molar-refractivity contribution in [3.8, 4) is 17.1 Å². The number of aliphatic hydroxyl groups is 1. The molecule has 32 heavy (non-hydrogen) atoms. The maximum atomic E-state index is 12.1. The summed E-state index contributed by atoms with van der Waals surface area (Å²) in [5.74, 6) is 1.74. The molecule has 1 aliphatic heterocycles. The van der Waals surface area contributed by atoms with Crippen molar-refractivity contribution in [1.82, 2.24) is 20.1 Å². The van der Waals surface area contributed by atoms with Gasteiger partial charge in [0.1, 0.15) is 30.3 Å². The monoisotopic (exact) mass is 460 g/mol. The zero-order valence-electron chi connectivity index (χ0n) is 17.5. The van der Waals surface area contributed by atoms with Gasteiger partial charge in [0.25, 0.3) is 0 Å². The highest BCUT2D eigenvalue weighted by molar-refractivity contribution is 6.32. The molecule has 2 aromatic heterocycles. The number of hydrogen-bond acceptors (Lipinski definition) is 10. The van der Waals surface area contributed by atoms with E-state index >= 15 is 0 Å². The van der Waals surface area contributed by atoms with Crippen LogP contribution in [0.3, 0.4) is 0 Å². The van der Waals surface area contributed by atoms with Gasteiger partial charge in [-0.2, -0.15) is 9.97 Å². The summed E-state index contributed by atoms with van der Waals surface area (Å²) < 4.78 is 15.7. The molecule has 3 aromatic rings. The Balaban J connectivity index is 1.51. The summed E-state index contributed by atoms with van der Waals surface area (Å²) >= 11 is 6.07. The number of cyclic esters (lactones) is 1. The van der Waals surface area contributed by atoms with Crippen molar-refractivity contribution < 1.29 is 23.9 Å². The van der Waals surface area contributed by atoms with E-state index in [0.717, 1.165) is 0 Å². The van der Waals surface area contributed by atoms with E-state index in [1.807, 2.05) is 0 Å². The molecular weight excluding hydrogens is 440 g/mol. The van der Waals surface area contributed by atoms with E-state index in [0.29, 0.717) is 33.9 Å². The number of carbonyl (C=O) groups excluding carboxylic acids is 1. The first-order chi connectivity index (χ1) is 15.4. The highest BCUT2D eigenvalue weighted by Crippen LogP contribution is 2.30. The molecular formula is C20H21ClN6O5. The van der Waals surface area contributed by atoms with Gasteiger partial charge >= 0.3 is 6.09 Å². The number of hydrogen-bond donors (Lipinski definition) is 2.